The Labute approximate surface area is 88.5 Å². The molecule has 1 unspecified atom stereocenters. The number of nitrogens with one attached hydrogen (secondary N) is 2. The minimum Gasteiger partial charge on any atom is -0.329 e. The summed E-state index contributed by atoms with van der Waals surface area (Å²) in [5, 5.41) is 5.62. The van der Waals surface area contributed by atoms with Gasteiger partial charge in [-0.05, 0) is 6.42 Å². The molecule has 0 aliphatic rings. The van der Waals surface area contributed by atoms with E-state index < -0.39 is 15.3 Å². The van der Waals surface area contributed by atoms with Crippen LogP contribution in [0.15, 0.2) is 6.33 Å². The fraction of sp³-hybridized carbons (Fsp3) is 0.714. The second kappa shape index (κ2) is 5.19. The molecule has 8 heteroatoms. The lowest BCUT2D eigenvalue weighted by molar-refractivity contribution is 0.559. The number of hydrogen-bond donors (Lipinski definition) is 3. The maximum atomic E-state index is 11.6. The van der Waals surface area contributed by atoms with Crippen LogP contribution in [0.25, 0.3) is 0 Å². The summed E-state index contributed by atoms with van der Waals surface area (Å²) < 4.78 is 25.7. The molecule has 1 atom stereocenters. The van der Waals surface area contributed by atoms with Gasteiger partial charge in [0.1, 0.15) is 12.2 Å². The van der Waals surface area contributed by atoms with Crippen LogP contribution in [0.5, 0.6) is 0 Å². The van der Waals surface area contributed by atoms with E-state index in [9.17, 15) is 8.42 Å². The molecule has 0 fully saturated rings. The smallest absolute Gasteiger partial charge is 0.216 e. The second-order valence-corrected chi connectivity index (χ2v) is 5.11. The molecule has 0 amide bonds. The van der Waals surface area contributed by atoms with Gasteiger partial charge in [-0.25, -0.2) is 18.1 Å². The molecule has 86 valence electrons. The Balaban J connectivity index is 2.57. The Morgan fingerprint density at radius 1 is 1.67 bits per heavy atom. The van der Waals surface area contributed by atoms with Crippen molar-refractivity contribution in [2.45, 2.75) is 25.1 Å². The lowest BCUT2D eigenvalue weighted by atomic mass is 10.3. The van der Waals surface area contributed by atoms with Gasteiger partial charge in [0, 0.05) is 6.54 Å². The molecule has 7 nitrogen and oxygen atoms in total. The summed E-state index contributed by atoms with van der Waals surface area (Å²) in [7, 11) is -3.36. The fourth-order valence-electron chi connectivity index (χ4n) is 1.12. The fourth-order valence-corrected chi connectivity index (χ4v) is 2.38. The number of sulfonamides is 1. The summed E-state index contributed by atoms with van der Waals surface area (Å²) in [6.45, 7) is 2.01. The van der Waals surface area contributed by atoms with Crippen molar-refractivity contribution >= 4 is 10.0 Å². The van der Waals surface area contributed by atoms with E-state index >= 15 is 0 Å². The second-order valence-electron chi connectivity index (χ2n) is 3.06. The van der Waals surface area contributed by atoms with E-state index in [1.807, 2.05) is 0 Å². The number of aromatic nitrogens is 3. The first-order chi connectivity index (χ1) is 7.10. The molecule has 0 saturated carbocycles. The molecule has 0 saturated heterocycles. The number of H-pyrrole nitrogens is 1. The molecule has 15 heavy (non-hydrogen) atoms. The van der Waals surface area contributed by atoms with E-state index in [2.05, 4.69) is 19.9 Å². The molecule has 0 aromatic carbocycles. The van der Waals surface area contributed by atoms with Gasteiger partial charge in [-0.2, -0.15) is 5.10 Å². The molecule has 0 spiro atoms. The summed E-state index contributed by atoms with van der Waals surface area (Å²) in [6.07, 6.45) is 1.81. The van der Waals surface area contributed by atoms with Crippen molar-refractivity contribution in [2.75, 3.05) is 6.54 Å². The van der Waals surface area contributed by atoms with E-state index in [0.29, 0.717) is 12.2 Å². The van der Waals surface area contributed by atoms with Crippen molar-refractivity contribution < 1.29 is 8.42 Å². The van der Waals surface area contributed by atoms with Crippen LogP contribution < -0.4 is 10.5 Å². The third kappa shape index (κ3) is 3.26. The summed E-state index contributed by atoms with van der Waals surface area (Å²) in [5.74, 6) is 0.477. The van der Waals surface area contributed by atoms with Gasteiger partial charge < -0.3 is 5.73 Å². The molecule has 0 radical (unpaired) electrons. The van der Waals surface area contributed by atoms with Gasteiger partial charge >= 0.3 is 0 Å². The zero-order chi connectivity index (χ0) is 11.3. The van der Waals surface area contributed by atoms with Crippen LogP contribution in [-0.2, 0) is 16.6 Å². The van der Waals surface area contributed by atoms with Crippen LogP contribution >= 0.6 is 0 Å². The standard InChI is InChI=1S/C7H15N5O2S/c1-2-6(3-8)15(13,14)11-4-7-9-5-10-12-7/h5-6,11H,2-4,8H2,1H3,(H,9,10,12). The lowest BCUT2D eigenvalue weighted by Gasteiger charge is -2.13. The topological polar surface area (TPSA) is 114 Å². The first-order valence-corrected chi connectivity index (χ1v) is 6.17. The lowest BCUT2D eigenvalue weighted by Crippen LogP contribution is -2.38. The minimum atomic E-state index is -3.36. The zero-order valence-corrected chi connectivity index (χ0v) is 9.29. The Morgan fingerprint density at radius 2 is 2.40 bits per heavy atom. The predicted octanol–water partition coefficient (Wildman–Crippen LogP) is -1.04. The molecule has 1 aromatic rings. The molecule has 1 rings (SSSR count). The van der Waals surface area contributed by atoms with Crippen LogP contribution in [0.2, 0.25) is 0 Å². The van der Waals surface area contributed by atoms with Gasteiger partial charge in [0.2, 0.25) is 10.0 Å². The average Bonchev–Trinajstić information content (AvgIpc) is 2.69. The van der Waals surface area contributed by atoms with Crippen molar-refractivity contribution in [1.29, 1.82) is 0 Å². The molecule has 0 bridgehead atoms. The first kappa shape index (κ1) is 12.1. The third-order valence-corrected chi connectivity index (χ3v) is 4.01. The van der Waals surface area contributed by atoms with Crippen molar-refractivity contribution in [3.8, 4) is 0 Å². The number of nitrogens with two attached hydrogens (primary N) is 1. The highest BCUT2D eigenvalue weighted by atomic mass is 32.2. The van der Waals surface area contributed by atoms with Crippen LogP contribution in [0, 0.1) is 0 Å². The van der Waals surface area contributed by atoms with E-state index in [0.717, 1.165) is 0 Å². The van der Waals surface area contributed by atoms with E-state index in [-0.39, 0.29) is 13.1 Å². The monoisotopic (exact) mass is 233 g/mol. The number of nitrogens with zero attached hydrogens (tertiary/aromatic N) is 2. The third-order valence-electron chi connectivity index (χ3n) is 2.06. The highest BCUT2D eigenvalue weighted by Crippen LogP contribution is 2.02. The number of aromatic amines is 1. The van der Waals surface area contributed by atoms with Crippen molar-refractivity contribution in [3.63, 3.8) is 0 Å². The number of rotatable bonds is 6. The molecular formula is C7H15N5O2S. The molecular weight excluding hydrogens is 218 g/mol. The molecule has 1 aromatic heterocycles. The highest BCUT2D eigenvalue weighted by Gasteiger charge is 2.21. The van der Waals surface area contributed by atoms with E-state index in [1.165, 1.54) is 6.33 Å². The summed E-state index contributed by atoms with van der Waals surface area (Å²) in [6, 6.07) is 0. The molecule has 0 aliphatic heterocycles. The van der Waals surface area contributed by atoms with Gasteiger partial charge in [-0.3, -0.25) is 5.10 Å². The van der Waals surface area contributed by atoms with E-state index in [4.69, 9.17) is 5.73 Å². The van der Waals surface area contributed by atoms with Crippen molar-refractivity contribution in [3.05, 3.63) is 12.2 Å². The van der Waals surface area contributed by atoms with Gasteiger partial charge in [-0.1, -0.05) is 6.92 Å². The van der Waals surface area contributed by atoms with Crippen molar-refractivity contribution in [2.24, 2.45) is 5.73 Å². The van der Waals surface area contributed by atoms with Crippen LogP contribution in [0.1, 0.15) is 19.2 Å². The normalized spacial score (nSPS) is 14.0. The maximum Gasteiger partial charge on any atom is 0.216 e. The summed E-state index contributed by atoms with van der Waals surface area (Å²) in [5.41, 5.74) is 5.36. The largest absolute Gasteiger partial charge is 0.329 e. The van der Waals surface area contributed by atoms with E-state index in [1.54, 1.807) is 6.92 Å². The Hall–Kier alpha value is -0.990. The Kier molecular flexibility index (Phi) is 4.18. The van der Waals surface area contributed by atoms with Crippen molar-refractivity contribution in [1.82, 2.24) is 19.9 Å². The van der Waals surface area contributed by atoms with Crippen LogP contribution in [0.4, 0.5) is 0 Å². The summed E-state index contributed by atoms with van der Waals surface area (Å²) >= 11 is 0. The van der Waals surface area contributed by atoms with Gasteiger partial charge in [-0.15, -0.1) is 0 Å². The van der Waals surface area contributed by atoms with Gasteiger partial charge in [0.05, 0.1) is 11.8 Å². The molecule has 1 heterocycles. The Morgan fingerprint density at radius 3 is 2.87 bits per heavy atom. The van der Waals surface area contributed by atoms with Crippen LogP contribution in [0.3, 0.4) is 0 Å². The minimum absolute atomic E-state index is 0.110. The maximum absolute atomic E-state index is 11.6. The summed E-state index contributed by atoms with van der Waals surface area (Å²) in [4.78, 5) is 3.81. The zero-order valence-electron chi connectivity index (χ0n) is 8.47. The predicted molar refractivity (Wildman–Crippen MR) is 55.3 cm³/mol. The van der Waals surface area contributed by atoms with Gasteiger partial charge in [0.25, 0.3) is 0 Å². The number of hydrogen-bond acceptors (Lipinski definition) is 5. The quantitative estimate of drug-likeness (QED) is 0.581. The van der Waals surface area contributed by atoms with Crippen LogP contribution in [-0.4, -0.2) is 35.4 Å². The van der Waals surface area contributed by atoms with Gasteiger partial charge in [0.15, 0.2) is 0 Å². The average molecular weight is 233 g/mol. The molecule has 0 aliphatic carbocycles. The highest BCUT2D eigenvalue weighted by molar-refractivity contribution is 7.90. The molecule has 4 N–H and O–H groups in total. The Bertz CT molecular complexity index is 370. The first-order valence-electron chi connectivity index (χ1n) is 4.63. The SMILES string of the molecule is CCC(CN)S(=O)(=O)NCc1ncn[nH]1.